The number of aromatic nitrogens is 3. The monoisotopic (exact) mass is 582 g/mol. The van der Waals surface area contributed by atoms with Gasteiger partial charge in [0.25, 0.3) is 5.56 Å². The van der Waals surface area contributed by atoms with Gasteiger partial charge in [-0.15, -0.1) is 11.3 Å². The van der Waals surface area contributed by atoms with Crippen LogP contribution in [0.25, 0.3) is 32.4 Å². The lowest BCUT2D eigenvalue weighted by Crippen LogP contribution is -2.36. The number of morpholine rings is 1. The van der Waals surface area contributed by atoms with Crippen molar-refractivity contribution in [1.82, 2.24) is 14.5 Å². The Kier molecular flexibility index (Phi) is 7.04. The Labute approximate surface area is 245 Å². The predicted octanol–water partition coefficient (Wildman–Crippen LogP) is 5.37. The summed E-state index contributed by atoms with van der Waals surface area (Å²) in [6.07, 6.45) is 7.48. The number of rotatable bonds is 6. The van der Waals surface area contributed by atoms with Crippen molar-refractivity contribution >= 4 is 56.4 Å². The summed E-state index contributed by atoms with van der Waals surface area (Å²) in [7, 11) is 1.66. The second-order valence-electron chi connectivity index (χ2n) is 10.6. The van der Waals surface area contributed by atoms with Crippen molar-refractivity contribution < 1.29 is 9.15 Å². The van der Waals surface area contributed by atoms with E-state index in [1.165, 1.54) is 11.3 Å². The Morgan fingerprint density at radius 2 is 1.88 bits per heavy atom. The minimum atomic E-state index is -0.0691. The van der Waals surface area contributed by atoms with E-state index in [0.717, 1.165) is 47.9 Å². The molecule has 0 amide bonds. The molecule has 0 unspecified atom stereocenters. The second kappa shape index (κ2) is 11.1. The fourth-order valence-electron chi connectivity index (χ4n) is 5.87. The van der Waals surface area contributed by atoms with Gasteiger partial charge in [0.15, 0.2) is 11.5 Å². The van der Waals surface area contributed by atoms with Gasteiger partial charge < -0.3 is 19.4 Å². The summed E-state index contributed by atoms with van der Waals surface area (Å²) in [5.41, 5.74) is 4.29. The molecule has 1 aliphatic carbocycles. The second-order valence-corrected chi connectivity index (χ2v) is 11.5. The Bertz CT molecular complexity index is 1910. The highest BCUT2D eigenvalue weighted by atomic mass is 32.1. The summed E-state index contributed by atoms with van der Waals surface area (Å²) < 4.78 is 14.2. The third-order valence-corrected chi connectivity index (χ3v) is 8.94. The normalized spacial score (nSPS) is 16.3. The molecule has 0 spiro atoms. The van der Waals surface area contributed by atoms with Crippen LogP contribution in [0.2, 0.25) is 0 Å². The molecular weight excluding hydrogens is 552 g/mol. The molecule has 1 aliphatic heterocycles. The molecule has 1 N–H and O–H groups in total. The highest BCUT2D eigenvalue weighted by molar-refractivity contribution is 7.17. The van der Waals surface area contributed by atoms with Crippen LogP contribution in [0.5, 0.6) is 0 Å². The van der Waals surface area contributed by atoms with Gasteiger partial charge in [0, 0.05) is 66.7 Å². The Hall–Kier alpha value is -4.35. The molecule has 0 bridgehead atoms. The average Bonchev–Trinajstić information content (AvgIpc) is 3.70. The van der Waals surface area contributed by atoms with Gasteiger partial charge in [0.1, 0.15) is 10.3 Å². The first-order valence-electron chi connectivity index (χ1n) is 14.2. The highest BCUT2D eigenvalue weighted by Crippen LogP contribution is 2.35. The maximum atomic E-state index is 13.4. The molecule has 214 valence electrons. The molecule has 2 fully saturated rings. The van der Waals surface area contributed by atoms with E-state index in [-0.39, 0.29) is 17.0 Å². The Balaban J connectivity index is 1.19. The summed E-state index contributed by atoms with van der Waals surface area (Å²) in [4.78, 5) is 41.7. The van der Waals surface area contributed by atoms with E-state index in [2.05, 4.69) is 15.3 Å². The summed E-state index contributed by atoms with van der Waals surface area (Å²) >= 11 is 1.39. The smallest absolute Gasteiger partial charge is 0.261 e. The van der Waals surface area contributed by atoms with Crippen molar-refractivity contribution in [2.45, 2.75) is 31.7 Å². The van der Waals surface area contributed by atoms with Crippen molar-refractivity contribution in [3.8, 4) is 11.1 Å². The lowest BCUT2D eigenvalue weighted by Gasteiger charge is -2.27. The van der Waals surface area contributed by atoms with Crippen LogP contribution in [0.1, 0.15) is 37.3 Å². The quantitative estimate of drug-likeness (QED) is 0.266. The van der Waals surface area contributed by atoms with E-state index >= 15 is 0 Å². The van der Waals surface area contributed by atoms with Crippen molar-refractivity contribution in [2.24, 2.45) is 4.99 Å². The first kappa shape index (κ1) is 26.5. The van der Waals surface area contributed by atoms with Gasteiger partial charge in [-0.25, -0.2) is 4.98 Å². The number of anilines is 3. The topological polar surface area (TPSA) is 115 Å². The van der Waals surface area contributed by atoms with E-state index in [1.807, 2.05) is 45.2 Å². The van der Waals surface area contributed by atoms with E-state index in [9.17, 15) is 9.59 Å². The van der Waals surface area contributed by atoms with Gasteiger partial charge in [-0.2, -0.15) is 4.98 Å². The van der Waals surface area contributed by atoms with E-state index in [0.29, 0.717) is 59.6 Å². The molecule has 1 saturated heterocycles. The SMILES string of the molecule is C/N=C/c1cc2cnc(Nc3ccc(-c4csc5c(=O)cc(N6CCOCC6)oc45)cc3)nc2n(C2CCCC2)c1=O. The fraction of sp³-hybridized carbons (Fsp3) is 0.323. The van der Waals surface area contributed by atoms with Crippen LogP contribution in [0.15, 0.2) is 67.0 Å². The number of fused-ring (bicyclic) bond motifs is 2. The fourth-order valence-corrected chi connectivity index (χ4v) is 6.78. The molecule has 2 aliphatic rings. The molecule has 10 nitrogen and oxygen atoms in total. The van der Waals surface area contributed by atoms with Gasteiger partial charge in [-0.1, -0.05) is 25.0 Å². The maximum absolute atomic E-state index is 13.4. The zero-order valence-corrected chi connectivity index (χ0v) is 24.0. The minimum absolute atomic E-state index is 0.0362. The van der Waals surface area contributed by atoms with Gasteiger partial charge in [0.2, 0.25) is 11.4 Å². The van der Waals surface area contributed by atoms with Crippen LogP contribution < -0.4 is 21.2 Å². The summed E-state index contributed by atoms with van der Waals surface area (Å²) in [5, 5.41) is 6.06. The third-order valence-electron chi connectivity index (χ3n) is 7.96. The molecule has 1 aromatic carbocycles. The van der Waals surface area contributed by atoms with Crippen LogP contribution in [-0.2, 0) is 4.74 Å². The van der Waals surface area contributed by atoms with Gasteiger partial charge in [-0.05, 0) is 36.6 Å². The van der Waals surface area contributed by atoms with Crippen LogP contribution >= 0.6 is 11.3 Å². The van der Waals surface area contributed by atoms with E-state index < -0.39 is 0 Å². The van der Waals surface area contributed by atoms with Crippen molar-refractivity contribution in [1.29, 1.82) is 0 Å². The molecule has 42 heavy (non-hydrogen) atoms. The highest BCUT2D eigenvalue weighted by Gasteiger charge is 2.23. The first-order chi connectivity index (χ1) is 20.6. The number of aliphatic imine (C=N–C) groups is 1. The number of thiophene rings is 1. The molecule has 7 rings (SSSR count). The number of hydrogen-bond acceptors (Lipinski definition) is 10. The number of benzene rings is 1. The molecule has 4 aromatic heterocycles. The molecule has 5 aromatic rings. The standard InChI is InChI=1S/C31H30N6O4S/c1-32-16-21-14-20-17-33-31(35-29(20)37(30(21)39)23-4-2-3-5-23)34-22-8-6-19(7-9-22)24-18-42-28-25(38)15-26(41-27(24)28)36-10-12-40-13-11-36/h6-9,14-18,23H,2-5,10-13H2,1H3,(H,33,34,35)/b32-16+. The van der Waals surface area contributed by atoms with Crippen molar-refractivity contribution in [3.05, 3.63) is 74.1 Å². The van der Waals surface area contributed by atoms with Crippen LogP contribution in [0.4, 0.5) is 17.5 Å². The molecule has 5 heterocycles. The van der Waals surface area contributed by atoms with Crippen LogP contribution in [0, 0.1) is 0 Å². The summed E-state index contributed by atoms with van der Waals surface area (Å²) in [5.74, 6) is 0.993. The van der Waals surface area contributed by atoms with Gasteiger partial charge in [0.05, 0.1) is 18.8 Å². The average molecular weight is 583 g/mol. The molecule has 1 saturated carbocycles. The molecule has 0 radical (unpaired) electrons. The lowest BCUT2D eigenvalue weighted by molar-refractivity contribution is 0.121. The van der Waals surface area contributed by atoms with Gasteiger partial charge >= 0.3 is 0 Å². The Morgan fingerprint density at radius 1 is 1.10 bits per heavy atom. The number of ether oxygens (including phenoxy) is 1. The maximum Gasteiger partial charge on any atom is 0.261 e. The minimum Gasteiger partial charge on any atom is -0.439 e. The van der Waals surface area contributed by atoms with Crippen LogP contribution in [0.3, 0.4) is 0 Å². The lowest BCUT2D eigenvalue weighted by atomic mass is 10.1. The van der Waals surface area contributed by atoms with Crippen LogP contribution in [-0.4, -0.2) is 54.1 Å². The van der Waals surface area contributed by atoms with Crippen molar-refractivity contribution in [3.63, 3.8) is 0 Å². The molecule has 0 atom stereocenters. The third kappa shape index (κ3) is 4.88. The molecular formula is C31H30N6O4S. The summed E-state index contributed by atoms with van der Waals surface area (Å²) in [6, 6.07) is 11.4. The molecule has 11 heteroatoms. The van der Waals surface area contributed by atoms with Gasteiger partial charge in [-0.3, -0.25) is 19.1 Å². The zero-order valence-electron chi connectivity index (χ0n) is 23.2. The number of pyridine rings is 1. The van der Waals surface area contributed by atoms with E-state index in [4.69, 9.17) is 14.1 Å². The number of nitrogens with zero attached hydrogens (tertiary/aromatic N) is 5. The predicted molar refractivity (Wildman–Crippen MR) is 167 cm³/mol. The van der Waals surface area contributed by atoms with Crippen molar-refractivity contribution in [2.75, 3.05) is 43.6 Å². The first-order valence-corrected chi connectivity index (χ1v) is 15.1. The van der Waals surface area contributed by atoms with E-state index in [1.54, 1.807) is 25.5 Å². The zero-order chi connectivity index (χ0) is 28.6. The summed E-state index contributed by atoms with van der Waals surface area (Å²) in [6.45, 7) is 2.61. The number of hydrogen-bond donors (Lipinski definition) is 1. The Morgan fingerprint density at radius 3 is 2.64 bits per heavy atom. The number of nitrogens with one attached hydrogen (secondary N) is 1. The largest absolute Gasteiger partial charge is 0.439 e.